The summed E-state index contributed by atoms with van der Waals surface area (Å²) < 4.78 is 27.2. The van der Waals surface area contributed by atoms with Crippen LogP contribution in [-0.4, -0.2) is 45.5 Å². The van der Waals surface area contributed by atoms with Gasteiger partial charge in [0.25, 0.3) is 0 Å². The highest BCUT2D eigenvalue weighted by atomic mass is 19.1. The van der Waals surface area contributed by atoms with Crippen molar-refractivity contribution in [3.05, 3.63) is 66.0 Å². The second-order valence-corrected chi connectivity index (χ2v) is 9.87. The second-order valence-electron chi connectivity index (χ2n) is 9.87. The van der Waals surface area contributed by atoms with E-state index in [-0.39, 0.29) is 24.5 Å². The van der Waals surface area contributed by atoms with Crippen molar-refractivity contribution in [3.8, 4) is 22.9 Å². The topological polar surface area (TPSA) is 68.6 Å². The molecule has 8 heteroatoms. The van der Waals surface area contributed by atoms with E-state index in [1.54, 1.807) is 28.8 Å². The molecule has 0 unspecified atom stereocenters. The van der Waals surface area contributed by atoms with Gasteiger partial charge in [0.1, 0.15) is 17.3 Å². The number of hydrogen-bond donors (Lipinski definition) is 1. The molecule has 2 aromatic carbocycles. The van der Waals surface area contributed by atoms with Crippen molar-refractivity contribution in [2.75, 3.05) is 13.2 Å². The van der Waals surface area contributed by atoms with E-state index < -0.39 is 5.54 Å². The second kappa shape index (κ2) is 10.5. The summed E-state index contributed by atoms with van der Waals surface area (Å²) in [6, 6.07) is 15.5. The highest BCUT2D eigenvalue weighted by Crippen LogP contribution is 2.34. The molecule has 0 saturated carbocycles. The van der Waals surface area contributed by atoms with Crippen LogP contribution in [0.1, 0.15) is 39.2 Å². The molecule has 1 fully saturated rings. The van der Waals surface area contributed by atoms with Crippen LogP contribution in [0.3, 0.4) is 0 Å². The average Bonchev–Trinajstić information content (AvgIpc) is 3.43. The predicted molar refractivity (Wildman–Crippen MR) is 133 cm³/mol. The molecule has 1 saturated heterocycles. The zero-order chi connectivity index (χ0) is 25.0. The zero-order valence-electron chi connectivity index (χ0n) is 20.8. The monoisotopic (exact) mass is 480 g/mol. The summed E-state index contributed by atoms with van der Waals surface area (Å²) in [4.78, 5) is 15.1. The van der Waals surface area contributed by atoms with Gasteiger partial charge in [0.05, 0.1) is 18.2 Å². The third-order valence-corrected chi connectivity index (χ3v) is 5.73. The third kappa shape index (κ3) is 6.39. The number of urea groups is 1. The van der Waals surface area contributed by atoms with Gasteiger partial charge in [-0.25, -0.2) is 13.9 Å². The Balaban J connectivity index is 1.73. The highest BCUT2D eigenvalue weighted by Gasteiger charge is 2.29. The molecule has 186 valence electrons. The zero-order valence-corrected chi connectivity index (χ0v) is 20.8. The molecule has 2 amide bonds. The Morgan fingerprint density at radius 3 is 2.54 bits per heavy atom. The van der Waals surface area contributed by atoms with E-state index in [4.69, 9.17) is 14.6 Å². The van der Waals surface area contributed by atoms with Gasteiger partial charge in [-0.2, -0.15) is 5.10 Å². The first-order valence-electron chi connectivity index (χ1n) is 11.9. The van der Waals surface area contributed by atoms with Gasteiger partial charge in [-0.05, 0) is 57.9 Å². The van der Waals surface area contributed by atoms with Crippen molar-refractivity contribution in [3.63, 3.8) is 0 Å². The number of nitrogens with one attached hydrogen (secondary N) is 1. The maximum Gasteiger partial charge on any atom is 0.318 e. The Kier molecular flexibility index (Phi) is 7.40. The Bertz CT molecular complexity index is 1130. The minimum Gasteiger partial charge on any atom is -0.439 e. The smallest absolute Gasteiger partial charge is 0.318 e. The van der Waals surface area contributed by atoms with Crippen LogP contribution in [0.15, 0.2) is 54.6 Å². The van der Waals surface area contributed by atoms with E-state index >= 15 is 0 Å². The lowest BCUT2D eigenvalue weighted by Gasteiger charge is -2.30. The van der Waals surface area contributed by atoms with Gasteiger partial charge < -0.3 is 19.7 Å². The number of aromatic nitrogens is 2. The summed E-state index contributed by atoms with van der Waals surface area (Å²) in [6.45, 7) is 7.31. The molecule has 0 aliphatic carbocycles. The number of amides is 2. The Hall–Kier alpha value is -3.39. The van der Waals surface area contributed by atoms with Gasteiger partial charge in [0.15, 0.2) is 0 Å². The number of hydrogen-bond acceptors (Lipinski definition) is 4. The van der Waals surface area contributed by atoms with E-state index in [1.165, 1.54) is 12.1 Å². The lowest BCUT2D eigenvalue weighted by atomic mass is 10.1. The quantitative estimate of drug-likeness (QED) is 0.484. The van der Waals surface area contributed by atoms with Gasteiger partial charge in [-0.3, -0.25) is 0 Å². The molecule has 0 radical (unpaired) electrons. The number of benzene rings is 2. The normalized spacial score (nSPS) is 15.7. The molecule has 2 heterocycles. The first-order valence-corrected chi connectivity index (χ1v) is 11.9. The van der Waals surface area contributed by atoms with Crippen LogP contribution in [0.2, 0.25) is 0 Å². The molecule has 3 aromatic rings. The Morgan fingerprint density at radius 1 is 1.20 bits per heavy atom. The van der Waals surface area contributed by atoms with E-state index in [9.17, 15) is 9.18 Å². The highest BCUT2D eigenvalue weighted by molar-refractivity contribution is 5.76. The number of carbonyl (C=O) groups excluding carboxylic acids is 1. The molecule has 4 rings (SSSR count). The summed E-state index contributed by atoms with van der Waals surface area (Å²) in [5.74, 6) is 0.644. The maximum absolute atomic E-state index is 13.5. The molecular formula is C27H33FN4O3. The summed E-state index contributed by atoms with van der Waals surface area (Å²) in [5.41, 5.74) is 2.02. The van der Waals surface area contributed by atoms with E-state index in [0.717, 1.165) is 29.7 Å². The van der Waals surface area contributed by atoms with Crippen LogP contribution in [-0.2, 0) is 18.3 Å². The fraction of sp³-hybridized carbons (Fsp3) is 0.407. The van der Waals surface area contributed by atoms with E-state index in [0.29, 0.717) is 24.8 Å². The van der Waals surface area contributed by atoms with Crippen LogP contribution in [0, 0.1) is 5.82 Å². The largest absolute Gasteiger partial charge is 0.439 e. The van der Waals surface area contributed by atoms with Crippen molar-refractivity contribution in [2.45, 2.75) is 51.8 Å². The molecule has 0 bridgehead atoms. The first-order chi connectivity index (χ1) is 16.7. The van der Waals surface area contributed by atoms with Crippen molar-refractivity contribution in [1.29, 1.82) is 0 Å². The van der Waals surface area contributed by atoms with Gasteiger partial charge in [-0.15, -0.1) is 0 Å². The molecule has 1 aromatic heterocycles. The standard InChI is InChI=1S/C27H33FN4O3/c1-27(2,3)29-26(33)32(17-22-11-8-16-34-22)18-23-24(19-9-6-5-7-10-19)30-31(4)25(23)35-21-14-12-20(28)13-15-21/h5-7,9-10,12-15,22H,8,11,16-18H2,1-4H3,(H,29,33)/t22-/m1/s1. The maximum atomic E-state index is 13.5. The molecule has 7 nitrogen and oxygen atoms in total. The Labute approximate surface area is 205 Å². The number of halogens is 1. The predicted octanol–water partition coefficient (Wildman–Crippen LogP) is 5.51. The van der Waals surface area contributed by atoms with Crippen molar-refractivity contribution in [2.24, 2.45) is 7.05 Å². The van der Waals surface area contributed by atoms with Crippen LogP contribution >= 0.6 is 0 Å². The minimum absolute atomic E-state index is 0.0148. The number of nitrogens with zero attached hydrogens (tertiary/aromatic N) is 3. The molecular weight excluding hydrogens is 447 g/mol. The van der Waals surface area contributed by atoms with Gasteiger partial charge in [0.2, 0.25) is 5.88 Å². The number of rotatable bonds is 7. The molecule has 1 aliphatic heterocycles. The summed E-state index contributed by atoms with van der Waals surface area (Å²) in [7, 11) is 1.80. The molecule has 1 N–H and O–H groups in total. The van der Waals surface area contributed by atoms with Crippen LogP contribution in [0.4, 0.5) is 9.18 Å². The summed E-state index contributed by atoms with van der Waals surface area (Å²) in [5, 5.41) is 7.82. The third-order valence-electron chi connectivity index (χ3n) is 5.73. The molecule has 35 heavy (non-hydrogen) atoms. The van der Waals surface area contributed by atoms with Crippen LogP contribution in [0.25, 0.3) is 11.3 Å². The molecule has 1 aliphatic rings. The van der Waals surface area contributed by atoms with Gasteiger partial charge >= 0.3 is 6.03 Å². The SMILES string of the molecule is Cn1nc(-c2ccccc2)c(CN(C[C@H]2CCCO2)C(=O)NC(C)(C)C)c1Oc1ccc(F)cc1. The van der Waals surface area contributed by atoms with Crippen molar-refractivity contribution >= 4 is 6.03 Å². The van der Waals surface area contributed by atoms with Crippen molar-refractivity contribution in [1.82, 2.24) is 20.0 Å². The van der Waals surface area contributed by atoms with Crippen molar-refractivity contribution < 1.29 is 18.7 Å². The minimum atomic E-state index is -0.392. The fourth-order valence-corrected chi connectivity index (χ4v) is 4.11. The van der Waals surface area contributed by atoms with Crippen LogP contribution < -0.4 is 10.1 Å². The molecule has 0 spiro atoms. The number of aryl methyl sites for hydroxylation is 1. The number of carbonyl (C=O) groups is 1. The summed E-state index contributed by atoms with van der Waals surface area (Å²) in [6.07, 6.45) is 1.89. The van der Waals surface area contributed by atoms with Gasteiger partial charge in [-0.1, -0.05) is 30.3 Å². The lowest BCUT2D eigenvalue weighted by molar-refractivity contribution is 0.0780. The van der Waals surface area contributed by atoms with E-state index in [2.05, 4.69) is 5.32 Å². The average molecular weight is 481 g/mol. The van der Waals surface area contributed by atoms with Crippen LogP contribution in [0.5, 0.6) is 11.6 Å². The molecule has 1 atom stereocenters. The first kappa shape index (κ1) is 24.7. The number of ether oxygens (including phenoxy) is 2. The fourth-order valence-electron chi connectivity index (χ4n) is 4.11. The van der Waals surface area contributed by atoms with E-state index in [1.807, 2.05) is 51.1 Å². The lowest BCUT2D eigenvalue weighted by Crippen LogP contribution is -2.50. The van der Waals surface area contributed by atoms with Gasteiger partial charge in [0, 0.05) is 31.3 Å². The summed E-state index contributed by atoms with van der Waals surface area (Å²) >= 11 is 0. The Morgan fingerprint density at radius 2 is 1.91 bits per heavy atom.